The van der Waals surface area contributed by atoms with E-state index in [4.69, 9.17) is 9.47 Å². The fraction of sp³-hybridized carbons (Fsp3) is 0.556. The van der Waals surface area contributed by atoms with Crippen molar-refractivity contribution in [2.45, 2.75) is 33.2 Å². The maximum absolute atomic E-state index is 11.7. The average Bonchev–Trinajstić information content (AvgIpc) is 3.09. The van der Waals surface area contributed by atoms with Gasteiger partial charge in [0.25, 0.3) is 0 Å². The third kappa shape index (κ3) is 3.90. The van der Waals surface area contributed by atoms with Gasteiger partial charge < -0.3 is 18.9 Å². The number of carbonyl (C=O) groups excluding carboxylic acids is 1. The summed E-state index contributed by atoms with van der Waals surface area (Å²) in [7, 11) is 1.70. The van der Waals surface area contributed by atoms with Crippen molar-refractivity contribution >= 4 is 29.2 Å². The van der Waals surface area contributed by atoms with Gasteiger partial charge in [0.1, 0.15) is 12.1 Å². The molecule has 1 aliphatic heterocycles. The third-order valence-corrected chi connectivity index (χ3v) is 4.80. The molecule has 0 N–H and O–H groups in total. The third-order valence-electron chi connectivity index (χ3n) is 4.80. The van der Waals surface area contributed by atoms with Crippen molar-refractivity contribution in [1.29, 1.82) is 0 Å². The van der Waals surface area contributed by atoms with E-state index in [2.05, 4.69) is 23.4 Å². The average molecular weight is 368 g/mol. The molecule has 1 aliphatic rings. The first kappa shape index (κ1) is 19.5. The van der Waals surface area contributed by atoms with Gasteiger partial charge in [-0.05, 0) is 31.9 Å². The Labute approximate surface area is 154 Å². The maximum Gasteiger partial charge on any atom is 0.238 e. The number of fused-ring (bicyclic) bond motifs is 1. The molecule has 2 aromatic rings. The molecule has 0 saturated carbocycles. The van der Waals surface area contributed by atoms with Crippen LogP contribution in [0.4, 0.5) is 0 Å². The SMILES string of the molecule is COCCn1c(C)c(C)c2ccnc(OCCN3CCCC3=O)c21.Cl. The molecule has 3 rings (SSSR count). The Morgan fingerprint density at radius 1 is 1.24 bits per heavy atom. The number of likely N-dealkylation sites (tertiary alicyclic amines) is 1. The summed E-state index contributed by atoms with van der Waals surface area (Å²) in [5, 5.41) is 1.16. The van der Waals surface area contributed by atoms with E-state index in [0.29, 0.717) is 32.1 Å². The Morgan fingerprint density at radius 2 is 2.04 bits per heavy atom. The molecule has 0 bridgehead atoms. The lowest BCUT2D eigenvalue weighted by molar-refractivity contribution is -0.128. The topological polar surface area (TPSA) is 56.6 Å². The van der Waals surface area contributed by atoms with Crippen LogP contribution in [0.3, 0.4) is 0 Å². The van der Waals surface area contributed by atoms with E-state index in [-0.39, 0.29) is 18.3 Å². The van der Waals surface area contributed by atoms with Crippen molar-refractivity contribution in [2.24, 2.45) is 0 Å². The van der Waals surface area contributed by atoms with Gasteiger partial charge in [-0.25, -0.2) is 4.98 Å². The molecule has 0 spiro atoms. The number of halogens is 1. The molecule has 0 unspecified atom stereocenters. The number of ether oxygens (including phenoxy) is 2. The van der Waals surface area contributed by atoms with E-state index < -0.39 is 0 Å². The normalized spacial score (nSPS) is 14.2. The number of nitrogens with zero attached hydrogens (tertiary/aromatic N) is 3. The number of pyridine rings is 1. The maximum atomic E-state index is 11.7. The molecule has 2 aromatic heterocycles. The minimum absolute atomic E-state index is 0. The van der Waals surface area contributed by atoms with Crippen LogP contribution < -0.4 is 4.74 Å². The zero-order valence-corrected chi connectivity index (χ0v) is 15.9. The molecular formula is C18H26ClN3O3. The summed E-state index contributed by atoms with van der Waals surface area (Å²) < 4.78 is 13.4. The van der Waals surface area contributed by atoms with Crippen molar-refractivity contribution in [3.05, 3.63) is 23.5 Å². The van der Waals surface area contributed by atoms with Crippen LogP contribution in [0.5, 0.6) is 5.88 Å². The van der Waals surface area contributed by atoms with Gasteiger partial charge in [-0.15, -0.1) is 12.4 Å². The Morgan fingerprint density at radius 3 is 2.72 bits per heavy atom. The molecule has 25 heavy (non-hydrogen) atoms. The molecular weight excluding hydrogens is 342 g/mol. The number of carbonyl (C=O) groups is 1. The van der Waals surface area contributed by atoms with Gasteiger partial charge in [-0.2, -0.15) is 0 Å². The van der Waals surface area contributed by atoms with Gasteiger partial charge in [-0.1, -0.05) is 0 Å². The number of hydrogen-bond acceptors (Lipinski definition) is 4. The van der Waals surface area contributed by atoms with E-state index in [1.807, 2.05) is 11.0 Å². The highest BCUT2D eigenvalue weighted by atomic mass is 35.5. The highest BCUT2D eigenvalue weighted by molar-refractivity contribution is 5.88. The Hall–Kier alpha value is -1.79. The highest BCUT2D eigenvalue weighted by Gasteiger charge is 2.20. The van der Waals surface area contributed by atoms with Gasteiger partial charge in [0.05, 0.1) is 13.2 Å². The van der Waals surface area contributed by atoms with Crippen molar-refractivity contribution in [3.8, 4) is 5.88 Å². The zero-order valence-electron chi connectivity index (χ0n) is 15.1. The van der Waals surface area contributed by atoms with E-state index in [1.165, 1.54) is 11.3 Å². The van der Waals surface area contributed by atoms with E-state index in [1.54, 1.807) is 13.3 Å². The number of aryl methyl sites for hydroxylation is 1. The molecule has 7 heteroatoms. The van der Waals surface area contributed by atoms with Gasteiger partial charge in [0, 0.05) is 43.9 Å². The molecule has 0 aromatic carbocycles. The molecule has 0 radical (unpaired) electrons. The Balaban J connectivity index is 0.00000225. The number of rotatable bonds is 7. The van der Waals surface area contributed by atoms with Crippen LogP contribution in [0.25, 0.3) is 10.9 Å². The minimum Gasteiger partial charge on any atom is -0.474 e. The lowest BCUT2D eigenvalue weighted by atomic mass is 10.2. The van der Waals surface area contributed by atoms with Crippen LogP contribution in [0, 0.1) is 13.8 Å². The number of hydrogen-bond donors (Lipinski definition) is 0. The summed E-state index contributed by atoms with van der Waals surface area (Å²) >= 11 is 0. The number of methoxy groups -OCH3 is 1. The summed E-state index contributed by atoms with van der Waals surface area (Å²) in [6.45, 7) is 7.55. The first-order valence-corrected chi connectivity index (χ1v) is 8.47. The lowest BCUT2D eigenvalue weighted by Crippen LogP contribution is -2.29. The van der Waals surface area contributed by atoms with Gasteiger partial charge in [0.2, 0.25) is 11.8 Å². The Bertz CT molecular complexity index is 745. The zero-order chi connectivity index (χ0) is 17.1. The fourth-order valence-electron chi connectivity index (χ4n) is 3.32. The van der Waals surface area contributed by atoms with Crippen LogP contribution in [-0.2, 0) is 16.1 Å². The number of amides is 1. The van der Waals surface area contributed by atoms with Crippen molar-refractivity contribution in [1.82, 2.24) is 14.5 Å². The summed E-state index contributed by atoms with van der Waals surface area (Å²) in [4.78, 5) is 18.0. The standard InChI is InChI=1S/C18H25N3O3.ClH/c1-13-14(2)21(10-11-23-3)17-15(13)6-7-19-18(17)24-12-9-20-8-4-5-16(20)22;/h6-7H,4-5,8-12H2,1-3H3;1H. The quantitative estimate of drug-likeness (QED) is 0.755. The lowest BCUT2D eigenvalue weighted by Gasteiger charge is -2.16. The second-order valence-electron chi connectivity index (χ2n) is 6.20. The van der Waals surface area contributed by atoms with Crippen LogP contribution in [-0.4, -0.2) is 53.8 Å². The molecule has 138 valence electrons. The second kappa shape index (κ2) is 8.54. The minimum atomic E-state index is 0. The van der Waals surface area contributed by atoms with Crippen molar-refractivity contribution in [2.75, 3.05) is 33.4 Å². The van der Waals surface area contributed by atoms with E-state index in [0.717, 1.165) is 30.4 Å². The number of aromatic nitrogens is 2. The molecule has 1 amide bonds. The Kier molecular flexibility index (Phi) is 6.67. The first-order chi connectivity index (χ1) is 11.6. The van der Waals surface area contributed by atoms with Crippen LogP contribution in [0.1, 0.15) is 24.1 Å². The second-order valence-corrected chi connectivity index (χ2v) is 6.20. The molecule has 6 nitrogen and oxygen atoms in total. The van der Waals surface area contributed by atoms with Crippen molar-refractivity contribution < 1.29 is 14.3 Å². The molecule has 0 aliphatic carbocycles. The predicted octanol–water partition coefficient (Wildman–Crippen LogP) is 2.72. The summed E-state index contributed by atoms with van der Waals surface area (Å²) in [5.74, 6) is 0.853. The smallest absolute Gasteiger partial charge is 0.238 e. The largest absolute Gasteiger partial charge is 0.474 e. The van der Waals surface area contributed by atoms with Crippen LogP contribution in [0.15, 0.2) is 12.3 Å². The molecule has 3 heterocycles. The van der Waals surface area contributed by atoms with E-state index in [9.17, 15) is 4.79 Å². The van der Waals surface area contributed by atoms with Gasteiger partial charge in [0.15, 0.2) is 0 Å². The predicted molar refractivity (Wildman–Crippen MR) is 99.6 cm³/mol. The molecule has 0 atom stereocenters. The van der Waals surface area contributed by atoms with Gasteiger partial charge in [-0.3, -0.25) is 4.79 Å². The first-order valence-electron chi connectivity index (χ1n) is 8.47. The fourth-order valence-corrected chi connectivity index (χ4v) is 3.32. The molecule has 1 saturated heterocycles. The van der Waals surface area contributed by atoms with E-state index >= 15 is 0 Å². The van der Waals surface area contributed by atoms with Gasteiger partial charge >= 0.3 is 0 Å². The monoisotopic (exact) mass is 367 g/mol. The molecule has 1 fully saturated rings. The van der Waals surface area contributed by atoms with Crippen LogP contribution in [0.2, 0.25) is 0 Å². The highest BCUT2D eigenvalue weighted by Crippen LogP contribution is 2.30. The van der Waals surface area contributed by atoms with Crippen LogP contribution >= 0.6 is 12.4 Å². The van der Waals surface area contributed by atoms with Crippen molar-refractivity contribution in [3.63, 3.8) is 0 Å². The summed E-state index contributed by atoms with van der Waals surface area (Å²) in [6, 6.07) is 2.03. The summed E-state index contributed by atoms with van der Waals surface area (Å²) in [6.07, 6.45) is 3.39. The summed E-state index contributed by atoms with van der Waals surface area (Å²) in [5.41, 5.74) is 3.45.